The van der Waals surface area contributed by atoms with Gasteiger partial charge in [-0.3, -0.25) is 9.20 Å². The van der Waals surface area contributed by atoms with Gasteiger partial charge in [0.05, 0.1) is 6.61 Å². The number of amides is 1. The Labute approximate surface area is 136 Å². The molecule has 2 unspecified atom stereocenters. The molecule has 3 heterocycles. The first-order chi connectivity index (χ1) is 11.6. The van der Waals surface area contributed by atoms with Crippen molar-refractivity contribution in [2.24, 2.45) is 5.92 Å². The molecule has 0 radical (unpaired) electrons. The van der Waals surface area contributed by atoms with E-state index in [2.05, 4.69) is 10.4 Å². The highest BCUT2D eigenvalue weighted by molar-refractivity contribution is 5.83. The standard InChI is InChI=1S/C15H18N4O5/c20-12(16-13(14(21)22)10-4-3-7-24-9-10)8-19-15(23)18-6-2-1-5-11(18)17-19/h1-2,5-6,10,13H,3-4,7-9H2,(H,16,20)(H,21,22). The number of aliphatic carboxylic acids is 1. The van der Waals surface area contributed by atoms with E-state index in [9.17, 15) is 19.5 Å². The molecule has 1 aliphatic heterocycles. The number of rotatable bonds is 5. The van der Waals surface area contributed by atoms with Crippen LogP contribution in [-0.4, -0.2) is 50.4 Å². The van der Waals surface area contributed by atoms with Gasteiger partial charge < -0.3 is 15.2 Å². The van der Waals surface area contributed by atoms with Crippen molar-refractivity contribution < 1.29 is 19.4 Å². The summed E-state index contributed by atoms with van der Waals surface area (Å²) in [6.07, 6.45) is 2.99. The Morgan fingerprint density at radius 2 is 2.29 bits per heavy atom. The van der Waals surface area contributed by atoms with Gasteiger partial charge in [0.25, 0.3) is 0 Å². The number of carboxylic acid groups (broad SMARTS) is 1. The Morgan fingerprint density at radius 1 is 1.46 bits per heavy atom. The first-order valence-electron chi connectivity index (χ1n) is 7.70. The first-order valence-corrected chi connectivity index (χ1v) is 7.70. The largest absolute Gasteiger partial charge is 0.480 e. The summed E-state index contributed by atoms with van der Waals surface area (Å²) in [5, 5.41) is 15.9. The molecule has 9 nitrogen and oxygen atoms in total. The van der Waals surface area contributed by atoms with Gasteiger partial charge in [0.15, 0.2) is 5.65 Å². The van der Waals surface area contributed by atoms with Crippen LogP contribution in [0.15, 0.2) is 29.2 Å². The van der Waals surface area contributed by atoms with E-state index < -0.39 is 23.6 Å². The summed E-state index contributed by atoms with van der Waals surface area (Å²) in [7, 11) is 0. The van der Waals surface area contributed by atoms with Crippen LogP contribution in [-0.2, 0) is 20.9 Å². The van der Waals surface area contributed by atoms with Gasteiger partial charge in [-0.15, -0.1) is 5.10 Å². The number of fused-ring (bicyclic) bond motifs is 1. The second-order valence-corrected chi connectivity index (χ2v) is 5.73. The monoisotopic (exact) mass is 334 g/mol. The van der Waals surface area contributed by atoms with E-state index in [4.69, 9.17) is 4.74 Å². The minimum atomic E-state index is -1.11. The number of hydrogen-bond donors (Lipinski definition) is 2. The fourth-order valence-electron chi connectivity index (χ4n) is 2.84. The van der Waals surface area contributed by atoms with Crippen molar-refractivity contribution in [2.75, 3.05) is 13.2 Å². The Balaban J connectivity index is 1.72. The molecular weight excluding hydrogens is 316 g/mol. The highest BCUT2D eigenvalue weighted by Crippen LogP contribution is 2.17. The third kappa shape index (κ3) is 3.30. The molecule has 2 N–H and O–H groups in total. The first kappa shape index (κ1) is 16.2. The van der Waals surface area contributed by atoms with E-state index in [1.165, 1.54) is 4.40 Å². The van der Waals surface area contributed by atoms with E-state index in [0.717, 1.165) is 11.1 Å². The third-order valence-electron chi connectivity index (χ3n) is 4.03. The molecule has 0 bridgehead atoms. The molecular formula is C15H18N4O5. The van der Waals surface area contributed by atoms with Crippen molar-refractivity contribution in [1.29, 1.82) is 0 Å². The highest BCUT2D eigenvalue weighted by Gasteiger charge is 2.31. The lowest BCUT2D eigenvalue weighted by molar-refractivity contribution is -0.145. The van der Waals surface area contributed by atoms with Crippen LogP contribution in [0.4, 0.5) is 0 Å². The van der Waals surface area contributed by atoms with Crippen LogP contribution < -0.4 is 11.0 Å². The molecule has 3 rings (SSSR count). The molecule has 0 spiro atoms. The minimum absolute atomic E-state index is 0.280. The Morgan fingerprint density at radius 3 is 2.96 bits per heavy atom. The van der Waals surface area contributed by atoms with Crippen LogP contribution in [0.1, 0.15) is 12.8 Å². The van der Waals surface area contributed by atoms with Crippen molar-refractivity contribution >= 4 is 17.5 Å². The molecule has 9 heteroatoms. The number of carbonyl (C=O) groups excluding carboxylic acids is 1. The van der Waals surface area contributed by atoms with Crippen LogP contribution >= 0.6 is 0 Å². The zero-order valence-electron chi connectivity index (χ0n) is 12.9. The van der Waals surface area contributed by atoms with Crippen LogP contribution in [0.25, 0.3) is 5.65 Å². The lowest BCUT2D eigenvalue weighted by Crippen LogP contribution is -2.49. The second-order valence-electron chi connectivity index (χ2n) is 5.73. The molecule has 24 heavy (non-hydrogen) atoms. The topological polar surface area (TPSA) is 115 Å². The number of nitrogens with one attached hydrogen (secondary N) is 1. The quantitative estimate of drug-likeness (QED) is 0.761. The maximum Gasteiger partial charge on any atom is 0.350 e. The van der Waals surface area contributed by atoms with Gasteiger partial charge in [-0.2, -0.15) is 0 Å². The lowest BCUT2D eigenvalue weighted by Gasteiger charge is -2.28. The highest BCUT2D eigenvalue weighted by atomic mass is 16.5. The van der Waals surface area contributed by atoms with Crippen LogP contribution in [0.2, 0.25) is 0 Å². The van der Waals surface area contributed by atoms with E-state index >= 15 is 0 Å². The van der Waals surface area contributed by atoms with E-state index in [1.54, 1.807) is 24.4 Å². The molecule has 0 aliphatic carbocycles. The zero-order valence-corrected chi connectivity index (χ0v) is 12.9. The number of ether oxygens (including phenoxy) is 1. The minimum Gasteiger partial charge on any atom is -0.480 e. The molecule has 1 fully saturated rings. The summed E-state index contributed by atoms with van der Waals surface area (Å²) < 4.78 is 7.62. The van der Waals surface area contributed by atoms with Crippen molar-refractivity contribution in [3.8, 4) is 0 Å². The van der Waals surface area contributed by atoms with Gasteiger partial charge in [0, 0.05) is 18.7 Å². The summed E-state index contributed by atoms with van der Waals surface area (Å²) in [6, 6.07) is 4.03. The summed E-state index contributed by atoms with van der Waals surface area (Å²) >= 11 is 0. The maximum absolute atomic E-state index is 12.2. The zero-order chi connectivity index (χ0) is 17.1. The molecule has 1 aliphatic rings. The number of nitrogens with zero attached hydrogens (tertiary/aromatic N) is 3. The van der Waals surface area contributed by atoms with Gasteiger partial charge in [0.1, 0.15) is 12.6 Å². The molecule has 0 aromatic carbocycles. The fourth-order valence-corrected chi connectivity index (χ4v) is 2.84. The Hall–Kier alpha value is -2.68. The smallest absolute Gasteiger partial charge is 0.350 e. The maximum atomic E-state index is 12.2. The average Bonchev–Trinajstić information content (AvgIpc) is 2.89. The molecule has 2 aromatic heterocycles. The van der Waals surface area contributed by atoms with Crippen LogP contribution in [0.3, 0.4) is 0 Å². The number of hydrogen-bond acceptors (Lipinski definition) is 5. The SMILES string of the molecule is O=C(Cn1nc2ccccn2c1=O)NC(C(=O)O)C1CCCOC1. The van der Waals surface area contributed by atoms with Gasteiger partial charge in [-0.05, 0) is 25.0 Å². The lowest BCUT2D eigenvalue weighted by atomic mass is 9.93. The molecule has 1 amide bonds. The van der Waals surface area contributed by atoms with E-state index in [0.29, 0.717) is 25.3 Å². The van der Waals surface area contributed by atoms with E-state index in [-0.39, 0.29) is 12.5 Å². The van der Waals surface area contributed by atoms with Crippen molar-refractivity contribution in [2.45, 2.75) is 25.4 Å². The molecule has 1 saturated heterocycles. The third-order valence-corrected chi connectivity index (χ3v) is 4.03. The van der Waals surface area contributed by atoms with Gasteiger partial charge in [-0.1, -0.05) is 6.07 Å². The predicted molar refractivity (Wildman–Crippen MR) is 82.6 cm³/mol. The van der Waals surface area contributed by atoms with Crippen LogP contribution in [0.5, 0.6) is 0 Å². The van der Waals surface area contributed by atoms with Gasteiger partial charge in [0.2, 0.25) is 5.91 Å². The van der Waals surface area contributed by atoms with Crippen molar-refractivity contribution in [3.63, 3.8) is 0 Å². The summed E-state index contributed by atoms with van der Waals surface area (Å²) in [4.78, 5) is 35.7. The predicted octanol–water partition coefficient (Wildman–Crippen LogP) is -0.508. The Kier molecular flexibility index (Phi) is 4.61. The normalized spacial score (nSPS) is 19.1. The summed E-state index contributed by atoms with van der Waals surface area (Å²) in [5.41, 5.74) is -0.0283. The number of carboxylic acids is 1. The molecule has 2 aromatic rings. The molecule has 128 valence electrons. The van der Waals surface area contributed by atoms with Gasteiger partial charge >= 0.3 is 11.7 Å². The number of pyridine rings is 1. The Bertz CT molecular complexity index is 806. The van der Waals surface area contributed by atoms with Crippen LogP contribution in [0, 0.1) is 5.92 Å². The number of aromatic nitrogens is 3. The number of carbonyl (C=O) groups is 2. The second kappa shape index (κ2) is 6.83. The average molecular weight is 334 g/mol. The molecule has 0 saturated carbocycles. The van der Waals surface area contributed by atoms with E-state index in [1.807, 2.05) is 0 Å². The van der Waals surface area contributed by atoms with Crippen molar-refractivity contribution in [1.82, 2.24) is 19.5 Å². The molecule has 2 atom stereocenters. The fraction of sp³-hybridized carbons (Fsp3) is 0.467. The van der Waals surface area contributed by atoms with Crippen molar-refractivity contribution in [3.05, 3.63) is 34.9 Å². The summed E-state index contributed by atoms with van der Waals surface area (Å²) in [6.45, 7) is 0.566. The van der Waals surface area contributed by atoms with Gasteiger partial charge in [-0.25, -0.2) is 14.3 Å². The summed E-state index contributed by atoms with van der Waals surface area (Å²) in [5.74, 6) is -1.96.